The summed E-state index contributed by atoms with van der Waals surface area (Å²) in [6.45, 7) is 0.460. The van der Waals surface area contributed by atoms with E-state index in [0.717, 1.165) is 12.8 Å². The monoisotopic (exact) mass is 446 g/mol. The van der Waals surface area contributed by atoms with Gasteiger partial charge in [-0.2, -0.15) is 0 Å². The summed E-state index contributed by atoms with van der Waals surface area (Å²) in [7, 11) is 0. The molecule has 0 spiro atoms. The van der Waals surface area contributed by atoms with Gasteiger partial charge in [0.15, 0.2) is 0 Å². The van der Waals surface area contributed by atoms with Gasteiger partial charge in [-0.1, -0.05) is 41.8 Å². The highest BCUT2D eigenvalue weighted by Crippen LogP contribution is 2.65. The third-order valence-electron chi connectivity index (χ3n) is 7.24. The SMILES string of the molecule is O=C(CCCCCN1C(=O)C2C3C=CC(C4CC34)C2C1=O)Nc1cc(Cl)ccc1Cl. The number of nitrogens with zero attached hydrogens (tertiary/aromatic N) is 1. The van der Waals surface area contributed by atoms with Crippen LogP contribution < -0.4 is 5.32 Å². The number of hydrogen-bond acceptors (Lipinski definition) is 3. The predicted molar refractivity (Wildman–Crippen MR) is 115 cm³/mol. The van der Waals surface area contributed by atoms with Crippen molar-refractivity contribution in [1.82, 2.24) is 4.90 Å². The lowest BCUT2D eigenvalue weighted by molar-refractivity contribution is -0.140. The minimum Gasteiger partial charge on any atom is -0.325 e. The Balaban J connectivity index is 1.08. The van der Waals surface area contributed by atoms with E-state index in [0.29, 0.717) is 47.0 Å². The van der Waals surface area contributed by atoms with E-state index in [-0.39, 0.29) is 41.4 Å². The molecule has 1 N–H and O–H groups in total. The summed E-state index contributed by atoms with van der Waals surface area (Å²) < 4.78 is 0. The first-order chi connectivity index (χ1) is 14.5. The maximum Gasteiger partial charge on any atom is 0.233 e. The van der Waals surface area contributed by atoms with Gasteiger partial charge in [0, 0.05) is 18.0 Å². The molecule has 5 nitrogen and oxygen atoms in total. The summed E-state index contributed by atoms with van der Waals surface area (Å²) in [5, 5.41) is 3.73. The van der Waals surface area contributed by atoms with Gasteiger partial charge in [-0.3, -0.25) is 19.3 Å². The van der Waals surface area contributed by atoms with Gasteiger partial charge in [0.2, 0.25) is 17.7 Å². The number of unbranched alkanes of at least 4 members (excludes halogenated alkanes) is 2. The topological polar surface area (TPSA) is 66.5 Å². The number of allylic oxidation sites excluding steroid dienone is 2. The average Bonchev–Trinajstić information content (AvgIpc) is 3.50. The number of carbonyl (C=O) groups is 3. The number of amides is 3. The number of hydrogen-bond donors (Lipinski definition) is 1. The molecule has 1 aromatic carbocycles. The van der Waals surface area contributed by atoms with E-state index in [9.17, 15) is 14.4 Å². The van der Waals surface area contributed by atoms with Crippen LogP contribution in [0.5, 0.6) is 0 Å². The van der Waals surface area contributed by atoms with Crippen LogP contribution in [0.3, 0.4) is 0 Å². The fraction of sp³-hybridized carbons (Fsp3) is 0.522. The molecule has 6 atom stereocenters. The minimum absolute atomic E-state index is 0.0306. The smallest absolute Gasteiger partial charge is 0.233 e. The highest BCUT2D eigenvalue weighted by molar-refractivity contribution is 6.35. The van der Waals surface area contributed by atoms with E-state index in [4.69, 9.17) is 23.2 Å². The molecule has 1 aromatic rings. The number of imide groups is 1. The Morgan fingerprint density at radius 1 is 1.00 bits per heavy atom. The Bertz CT molecular complexity index is 910. The molecule has 6 rings (SSSR count). The van der Waals surface area contributed by atoms with Crippen molar-refractivity contribution in [3.05, 3.63) is 40.4 Å². The average molecular weight is 447 g/mol. The standard InChI is InChI=1S/C23H24Cl2N2O3/c24-12-5-8-17(25)18(10-12)26-19(28)4-2-1-3-9-27-22(29)20-13-6-7-14(16-11-15(13)16)21(20)23(27)30/h5-8,10,13-16,20-21H,1-4,9,11H2,(H,26,28). The molecule has 1 heterocycles. The second-order valence-corrected chi connectivity index (χ2v) is 9.81. The fourth-order valence-corrected chi connectivity index (χ4v) is 6.11. The van der Waals surface area contributed by atoms with Crippen molar-refractivity contribution < 1.29 is 14.4 Å². The van der Waals surface area contributed by atoms with E-state index in [1.165, 1.54) is 11.3 Å². The first-order valence-corrected chi connectivity index (χ1v) is 11.5. The fourth-order valence-electron chi connectivity index (χ4n) is 5.78. The molecule has 5 aliphatic rings. The Labute approximate surface area is 185 Å². The largest absolute Gasteiger partial charge is 0.325 e. The van der Waals surface area contributed by atoms with Gasteiger partial charge >= 0.3 is 0 Å². The molecule has 2 saturated carbocycles. The quantitative estimate of drug-likeness (QED) is 0.379. The van der Waals surface area contributed by atoms with Gasteiger partial charge in [-0.15, -0.1) is 0 Å². The summed E-state index contributed by atoms with van der Waals surface area (Å²) in [6.07, 6.45) is 8.10. The maximum atomic E-state index is 12.9. The van der Waals surface area contributed by atoms with Gasteiger partial charge in [-0.25, -0.2) is 0 Å². The number of benzene rings is 1. The van der Waals surface area contributed by atoms with E-state index in [1.54, 1.807) is 18.2 Å². The molecular formula is C23H24Cl2N2O3. The van der Waals surface area contributed by atoms with Crippen molar-refractivity contribution in [1.29, 1.82) is 0 Å². The molecule has 2 bridgehead atoms. The van der Waals surface area contributed by atoms with Crippen molar-refractivity contribution in [3.8, 4) is 0 Å². The number of likely N-dealkylation sites (tertiary alicyclic amines) is 1. The van der Waals surface area contributed by atoms with Crippen LogP contribution in [0, 0.1) is 35.5 Å². The van der Waals surface area contributed by atoms with Crippen LogP contribution in [0.25, 0.3) is 0 Å². The molecule has 3 fully saturated rings. The number of nitrogens with one attached hydrogen (secondary N) is 1. The number of rotatable bonds is 7. The normalized spacial score (nSPS) is 32.9. The second kappa shape index (κ2) is 7.69. The van der Waals surface area contributed by atoms with Crippen molar-refractivity contribution in [2.24, 2.45) is 35.5 Å². The van der Waals surface area contributed by atoms with Crippen molar-refractivity contribution in [3.63, 3.8) is 0 Å². The highest BCUT2D eigenvalue weighted by Gasteiger charge is 2.66. The van der Waals surface area contributed by atoms with Gasteiger partial charge in [0.25, 0.3) is 0 Å². The molecule has 6 unspecified atom stereocenters. The maximum absolute atomic E-state index is 12.9. The van der Waals surface area contributed by atoms with Crippen LogP contribution in [-0.2, 0) is 14.4 Å². The lowest BCUT2D eigenvalue weighted by Crippen LogP contribution is -2.40. The second-order valence-electron chi connectivity index (χ2n) is 8.97. The summed E-state index contributed by atoms with van der Waals surface area (Å²) in [4.78, 5) is 39.5. The molecule has 1 saturated heterocycles. The first kappa shape index (κ1) is 20.1. The van der Waals surface area contributed by atoms with Crippen LogP contribution >= 0.6 is 23.2 Å². The molecule has 1 aliphatic heterocycles. The lowest BCUT2D eigenvalue weighted by atomic mass is 9.63. The van der Waals surface area contributed by atoms with Crippen molar-refractivity contribution >= 4 is 46.6 Å². The zero-order chi connectivity index (χ0) is 21.0. The van der Waals surface area contributed by atoms with Crippen molar-refractivity contribution in [2.75, 3.05) is 11.9 Å². The molecule has 0 radical (unpaired) electrons. The highest BCUT2D eigenvalue weighted by atomic mass is 35.5. The third kappa shape index (κ3) is 3.36. The van der Waals surface area contributed by atoms with Gasteiger partial charge < -0.3 is 5.32 Å². The zero-order valence-corrected chi connectivity index (χ0v) is 18.0. The number of halogens is 2. The summed E-state index contributed by atoms with van der Waals surface area (Å²) in [5.74, 6) is 1.50. The van der Waals surface area contributed by atoms with E-state index >= 15 is 0 Å². The van der Waals surface area contributed by atoms with E-state index in [1.807, 2.05) is 0 Å². The van der Waals surface area contributed by atoms with E-state index < -0.39 is 0 Å². The summed E-state index contributed by atoms with van der Waals surface area (Å²) >= 11 is 12.0. The number of anilines is 1. The van der Waals surface area contributed by atoms with Gasteiger partial charge in [0.05, 0.1) is 22.5 Å². The molecule has 3 amide bonds. The first-order valence-electron chi connectivity index (χ1n) is 10.7. The minimum atomic E-state index is -0.125. The molecule has 30 heavy (non-hydrogen) atoms. The van der Waals surface area contributed by atoms with Crippen LogP contribution in [0.2, 0.25) is 10.0 Å². The van der Waals surface area contributed by atoms with Crippen LogP contribution in [-0.4, -0.2) is 29.2 Å². The molecule has 7 heteroatoms. The molecule has 0 aromatic heterocycles. The number of carbonyl (C=O) groups excluding carboxylic acids is 3. The van der Waals surface area contributed by atoms with Crippen LogP contribution in [0.4, 0.5) is 5.69 Å². The van der Waals surface area contributed by atoms with E-state index in [2.05, 4.69) is 17.5 Å². The van der Waals surface area contributed by atoms with Gasteiger partial charge in [-0.05, 0) is 61.1 Å². The van der Waals surface area contributed by atoms with Gasteiger partial charge in [0.1, 0.15) is 0 Å². The molecule has 158 valence electrons. The Kier molecular flexibility index (Phi) is 5.14. The third-order valence-corrected chi connectivity index (χ3v) is 7.81. The van der Waals surface area contributed by atoms with Crippen molar-refractivity contribution in [2.45, 2.75) is 32.1 Å². The Morgan fingerprint density at radius 3 is 2.33 bits per heavy atom. The predicted octanol–water partition coefficient (Wildman–Crippen LogP) is 4.55. The Hall–Kier alpha value is -1.85. The zero-order valence-electron chi connectivity index (χ0n) is 16.5. The lowest BCUT2D eigenvalue weighted by Gasteiger charge is -2.37. The summed E-state index contributed by atoms with van der Waals surface area (Å²) in [5.41, 5.74) is 0.506. The summed E-state index contributed by atoms with van der Waals surface area (Å²) in [6, 6.07) is 4.94. The van der Waals surface area contributed by atoms with Crippen LogP contribution in [0.15, 0.2) is 30.4 Å². The molecule has 4 aliphatic carbocycles. The van der Waals surface area contributed by atoms with Crippen LogP contribution in [0.1, 0.15) is 32.1 Å². The Morgan fingerprint density at radius 2 is 1.67 bits per heavy atom. The molecular weight excluding hydrogens is 423 g/mol.